The van der Waals surface area contributed by atoms with Crippen LogP contribution in [0.1, 0.15) is 38.3 Å². The van der Waals surface area contributed by atoms with Gasteiger partial charge in [0.15, 0.2) is 0 Å². The topological polar surface area (TPSA) is 61.3 Å². The summed E-state index contributed by atoms with van der Waals surface area (Å²) in [6, 6.07) is 7.81. The van der Waals surface area contributed by atoms with Crippen LogP contribution >= 0.6 is 0 Å². The number of aryl methyl sites for hydroxylation is 1. The molecule has 0 fully saturated rings. The normalized spacial score (nSPS) is 10.7. The highest BCUT2D eigenvalue weighted by Gasteiger charge is 2.15. The molecule has 0 aliphatic heterocycles. The Labute approximate surface area is 119 Å². The predicted molar refractivity (Wildman–Crippen MR) is 80.7 cm³/mol. The summed E-state index contributed by atoms with van der Waals surface area (Å²) >= 11 is 0. The van der Waals surface area contributed by atoms with E-state index in [-0.39, 0.29) is 0 Å². The number of rotatable bonds is 7. The lowest BCUT2D eigenvalue weighted by Crippen LogP contribution is -1.92. The number of methoxy groups -OCH3 is 1. The monoisotopic (exact) mass is 274 g/mol. The van der Waals surface area contributed by atoms with Crippen molar-refractivity contribution in [2.45, 2.75) is 39.0 Å². The number of nitrogens with two attached hydrogens (primary N) is 1. The highest BCUT2D eigenvalue weighted by Crippen LogP contribution is 2.32. The summed E-state index contributed by atoms with van der Waals surface area (Å²) in [5.74, 6) is 1.18. The van der Waals surface area contributed by atoms with Crippen molar-refractivity contribution in [3.05, 3.63) is 30.0 Å². The molecule has 2 aromatic rings. The van der Waals surface area contributed by atoms with Crippen LogP contribution in [0, 0.1) is 0 Å². The molecule has 0 unspecified atom stereocenters. The number of hydrogen-bond donors (Lipinski definition) is 1. The molecule has 108 valence electrons. The van der Waals surface area contributed by atoms with Gasteiger partial charge >= 0.3 is 0 Å². The van der Waals surface area contributed by atoms with Gasteiger partial charge in [-0.1, -0.05) is 43.5 Å². The zero-order valence-electron chi connectivity index (χ0n) is 12.2. The minimum absolute atomic E-state index is 0.378. The first-order valence-corrected chi connectivity index (χ1v) is 7.14. The van der Waals surface area contributed by atoms with Crippen LogP contribution < -0.4 is 10.5 Å². The molecule has 4 nitrogen and oxygen atoms in total. The molecule has 0 bridgehead atoms. The summed E-state index contributed by atoms with van der Waals surface area (Å²) in [4.78, 5) is 0. The third kappa shape index (κ3) is 3.32. The molecule has 20 heavy (non-hydrogen) atoms. The van der Waals surface area contributed by atoms with Gasteiger partial charge in [-0.05, 0) is 30.5 Å². The number of benzene rings is 1. The first-order valence-electron chi connectivity index (χ1n) is 7.14. The van der Waals surface area contributed by atoms with Gasteiger partial charge in [0.1, 0.15) is 5.75 Å². The van der Waals surface area contributed by atoms with E-state index in [4.69, 9.17) is 15.0 Å². The Morgan fingerprint density at radius 1 is 1.25 bits per heavy atom. The van der Waals surface area contributed by atoms with E-state index in [1.807, 2.05) is 24.3 Å². The van der Waals surface area contributed by atoms with Crippen LogP contribution in [0.5, 0.6) is 5.75 Å². The molecule has 0 saturated heterocycles. The molecule has 1 heterocycles. The Morgan fingerprint density at radius 2 is 2.10 bits per heavy atom. The van der Waals surface area contributed by atoms with Gasteiger partial charge in [-0.25, -0.2) is 0 Å². The van der Waals surface area contributed by atoms with Crippen LogP contribution in [0.3, 0.4) is 0 Å². The molecule has 0 atom stereocenters. The Kier molecular flexibility index (Phi) is 5.04. The summed E-state index contributed by atoms with van der Waals surface area (Å²) in [5, 5.41) is 4.10. The SMILES string of the molecule is CCCCCCc1noc(N)c1-c1cccc(OC)c1. The first kappa shape index (κ1) is 14.4. The molecule has 1 aromatic carbocycles. The average molecular weight is 274 g/mol. The molecule has 0 amide bonds. The molecule has 4 heteroatoms. The van der Waals surface area contributed by atoms with Crippen molar-refractivity contribution in [2.75, 3.05) is 12.8 Å². The second-order valence-corrected chi connectivity index (χ2v) is 4.91. The summed E-state index contributed by atoms with van der Waals surface area (Å²) in [6.45, 7) is 2.20. The lowest BCUT2D eigenvalue weighted by atomic mass is 10.0. The smallest absolute Gasteiger partial charge is 0.230 e. The van der Waals surface area contributed by atoms with Crippen LogP contribution in [0.15, 0.2) is 28.8 Å². The van der Waals surface area contributed by atoms with Crippen molar-refractivity contribution in [2.24, 2.45) is 0 Å². The predicted octanol–water partition coefficient (Wildman–Crippen LogP) is 4.06. The largest absolute Gasteiger partial charge is 0.497 e. The fourth-order valence-electron chi connectivity index (χ4n) is 2.32. The Balaban J connectivity index is 2.19. The van der Waals surface area contributed by atoms with Crippen LogP contribution in [0.4, 0.5) is 5.88 Å². The van der Waals surface area contributed by atoms with Crippen molar-refractivity contribution < 1.29 is 9.26 Å². The number of unbranched alkanes of at least 4 members (excludes halogenated alkanes) is 3. The zero-order chi connectivity index (χ0) is 14.4. The summed E-state index contributed by atoms with van der Waals surface area (Å²) < 4.78 is 10.4. The van der Waals surface area contributed by atoms with Crippen molar-refractivity contribution in [3.8, 4) is 16.9 Å². The second kappa shape index (κ2) is 6.98. The molecule has 0 radical (unpaired) electrons. The number of aromatic nitrogens is 1. The molecule has 2 N–H and O–H groups in total. The van der Waals surface area contributed by atoms with Crippen molar-refractivity contribution in [1.82, 2.24) is 5.16 Å². The van der Waals surface area contributed by atoms with Gasteiger partial charge in [0.05, 0.1) is 18.4 Å². The van der Waals surface area contributed by atoms with E-state index in [0.29, 0.717) is 5.88 Å². The third-order valence-corrected chi connectivity index (χ3v) is 3.41. The maximum Gasteiger partial charge on any atom is 0.230 e. The van der Waals surface area contributed by atoms with E-state index in [0.717, 1.165) is 35.4 Å². The molecule has 2 rings (SSSR count). The minimum atomic E-state index is 0.378. The molecule has 0 spiro atoms. The molecule has 1 aromatic heterocycles. The van der Waals surface area contributed by atoms with Crippen molar-refractivity contribution in [1.29, 1.82) is 0 Å². The van der Waals surface area contributed by atoms with Crippen LogP contribution in [-0.2, 0) is 6.42 Å². The van der Waals surface area contributed by atoms with E-state index >= 15 is 0 Å². The molecule has 0 aliphatic rings. The van der Waals surface area contributed by atoms with Gasteiger partial charge in [0.2, 0.25) is 5.88 Å². The van der Waals surface area contributed by atoms with Crippen LogP contribution in [0.2, 0.25) is 0 Å². The fraction of sp³-hybridized carbons (Fsp3) is 0.438. The lowest BCUT2D eigenvalue weighted by molar-refractivity contribution is 0.415. The Bertz CT molecular complexity index is 549. The van der Waals surface area contributed by atoms with Gasteiger partial charge < -0.3 is 15.0 Å². The van der Waals surface area contributed by atoms with Gasteiger partial charge in [0, 0.05) is 0 Å². The second-order valence-electron chi connectivity index (χ2n) is 4.91. The summed E-state index contributed by atoms with van der Waals surface area (Å²) in [5.41, 5.74) is 8.76. The number of anilines is 1. The van der Waals surface area contributed by atoms with Gasteiger partial charge in [0.25, 0.3) is 0 Å². The Morgan fingerprint density at radius 3 is 2.85 bits per heavy atom. The van der Waals surface area contributed by atoms with E-state index in [1.54, 1.807) is 7.11 Å². The van der Waals surface area contributed by atoms with E-state index in [1.165, 1.54) is 19.3 Å². The minimum Gasteiger partial charge on any atom is -0.497 e. The van der Waals surface area contributed by atoms with Crippen LogP contribution in [-0.4, -0.2) is 12.3 Å². The fourth-order valence-corrected chi connectivity index (χ4v) is 2.32. The van der Waals surface area contributed by atoms with E-state index < -0.39 is 0 Å². The van der Waals surface area contributed by atoms with E-state index in [9.17, 15) is 0 Å². The molecule has 0 saturated carbocycles. The maximum atomic E-state index is 5.93. The highest BCUT2D eigenvalue weighted by atomic mass is 16.5. The van der Waals surface area contributed by atoms with Crippen molar-refractivity contribution in [3.63, 3.8) is 0 Å². The summed E-state index contributed by atoms with van der Waals surface area (Å²) in [7, 11) is 1.65. The zero-order valence-corrected chi connectivity index (χ0v) is 12.2. The third-order valence-electron chi connectivity index (χ3n) is 3.41. The quantitative estimate of drug-likeness (QED) is 0.773. The standard InChI is InChI=1S/C16H22N2O2/c1-3-4-5-6-10-14-15(16(17)20-18-14)12-8-7-9-13(11-12)19-2/h7-9,11H,3-6,10,17H2,1-2H3. The van der Waals surface area contributed by atoms with E-state index in [2.05, 4.69) is 12.1 Å². The lowest BCUT2D eigenvalue weighted by Gasteiger charge is -2.05. The number of nitrogen functional groups attached to an aromatic ring is 1. The van der Waals surface area contributed by atoms with Gasteiger partial charge in [-0.2, -0.15) is 0 Å². The van der Waals surface area contributed by atoms with Crippen molar-refractivity contribution >= 4 is 5.88 Å². The first-order chi connectivity index (χ1) is 9.76. The molecular weight excluding hydrogens is 252 g/mol. The summed E-state index contributed by atoms with van der Waals surface area (Å²) in [6.07, 6.45) is 5.69. The maximum absolute atomic E-state index is 5.93. The van der Waals surface area contributed by atoms with Gasteiger partial charge in [-0.15, -0.1) is 0 Å². The highest BCUT2D eigenvalue weighted by molar-refractivity contribution is 5.75. The molecule has 0 aliphatic carbocycles. The number of ether oxygens (including phenoxy) is 1. The molecular formula is C16H22N2O2. The number of hydrogen-bond acceptors (Lipinski definition) is 4. The van der Waals surface area contributed by atoms with Crippen LogP contribution in [0.25, 0.3) is 11.1 Å². The van der Waals surface area contributed by atoms with Gasteiger partial charge in [-0.3, -0.25) is 0 Å². The number of nitrogens with zero attached hydrogens (tertiary/aromatic N) is 1. The average Bonchev–Trinajstić information content (AvgIpc) is 2.84. The Hall–Kier alpha value is -1.97.